The number of aromatic nitrogens is 1. The zero-order chi connectivity index (χ0) is 9.47. The van der Waals surface area contributed by atoms with Gasteiger partial charge in [0.15, 0.2) is 0 Å². The monoisotopic (exact) mass is 177 g/mol. The molecule has 13 heavy (non-hydrogen) atoms. The second-order valence-corrected chi connectivity index (χ2v) is 3.93. The maximum atomic E-state index is 6.14. The highest BCUT2D eigenvalue weighted by atomic mass is 15.1. The standard InChI is InChI=1S/C10H15N3/c1-13(2)9-8(4-3-7-12-9)10(11)5-6-10/h3-4,7H,5-6,11H2,1-2H3. The van der Waals surface area contributed by atoms with E-state index in [1.807, 2.05) is 31.3 Å². The summed E-state index contributed by atoms with van der Waals surface area (Å²) in [5.41, 5.74) is 7.23. The van der Waals surface area contributed by atoms with Gasteiger partial charge in [-0.05, 0) is 18.9 Å². The summed E-state index contributed by atoms with van der Waals surface area (Å²) < 4.78 is 0. The second-order valence-electron chi connectivity index (χ2n) is 3.93. The highest BCUT2D eigenvalue weighted by Crippen LogP contribution is 2.45. The summed E-state index contributed by atoms with van der Waals surface area (Å²) >= 11 is 0. The molecule has 0 saturated heterocycles. The zero-order valence-corrected chi connectivity index (χ0v) is 8.12. The van der Waals surface area contributed by atoms with Crippen molar-refractivity contribution in [2.75, 3.05) is 19.0 Å². The molecule has 0 aliphatic heterocycles. The van der Waals surface area contributed by atoms with Crippen LogP contribution in [0.4, 0.5) is 5.82 Å². The minimum atomic E-state index is -0.0894. The highest BCUT2D eigenvalue weighted by Gasteiger charge is 2.42. The van der Waals surface area contributed by atoms with E-state index in [9.17, 15) is 0 Å². The van der Waals surface area contributed by atoms with Gasteiger partial charge in [0.05, 0.1) is 0 Å². The average Bonchev–Trinajstić information content (AvgIpc) is 2.85. The van der Waals surface area contributed by atoms with E-state index in [4.69, 9.17) is 5.73 Å². The van der Waals surface area contributed by atoms with Crippen molar-refractivity contribution in [2.45, 2.75) is 18.4 Å². The molecule has 1 aromatic heterocycles. The van der Waals surface area contributed by atoms with Crippen molar-refractivity contribution in [3.05, 3.63) is 23.9 Å². The molecule has 1 fully saturated rings. The van der Waals surface area contributed by atoms with Crippen LogP contribution in [0.5, 0.6) is 0 Å². The van der Waals surface area contributed by atoms with E-state index in [1.54, 1.807) is 0 Å². The minimum absolute atomic E-state index is 0.0894. The Balaban J connectivity index is 2.44. The number of hydrogen-bond acceptors (Lipinski definition) is 3. The van der Waals surface area contributed by atoms with Crippen LogP contribution in [-0.2, 0) is 5.54 Å². The third-order valence-corrected chi connectivity index (χ3v) is 2.54. The fraction of sp³-hybridized carbons (Fsp3) is 0.500. The molecule has 1 aliphatic rings. The Morgan fingerprint density at radius 1 is 1.46 bits per heavy atom. The Kier molecular flexibility index (Phi) is 1.77. The highest BCUT2D eigenvalue weighted by molar-refractivity contribution is 5.51. The van der Waals surface area contributed by atoms with E-state index in [-0.39, 0.29) is 5.54 Å². The van der Waals surface area contributed by atoms with Gasteiger partial charge in [-0.25, -0.2) is 4.98 Å². The first-order valence-corrected chi connectivity index (χ1v) is 4.55. The lowest BCUT2D eigenvalue weighted by atomic mass is 10.1. The zero-order valence-electron chi connectivity index (χ0n) is 8.12. The van der Waals surface area contributed by atoms with Crippen LogP contribution in [0.1, 0.15) is 18.4 Å². The fourth-order valence-corrected chi connectivity index (χ4v) is 1.55. The quantitative estimate of drug-likeness (QED) is 0.735. The summed E-state index contributed by atoms with van der Waals surface area (Å²) in [6, 6.07) is 4.03. The van der Waals surface area contributed by atoms with Crippen LogP contribution in [-0.4, -0.2) is 19.1 Å². The molecule has 1 heterocycles. The van der Waals surface area contributed by atoms with E-state index in [0.717, 1.165) is 18.7 Å². The van der Waals surface area contributed by atoms with Gasteiger partial charge in [0.1, 0.15) is 5.82 Å². The predicted octanol–water partition coefficient (Wildman–Crippen LogP) is 1.10. The summed E-state index contributed by atoms with van der Waals surface area (Å²) in [5.74, 6) is 1.00. The Morgan fingerprint density at radius 3 is 2.69 bits per heavy atom. The summed E-state index contributed by atoms with van der Waals surface area (Å²) in [4.78, 5) is 6.35. The molecule has 0 bridgehead atoms. The average molecular weight is 177 g/mol. The Hall–Kier alpha value is -1.09. The molecular formula is C10H15N3. The molecule has 3 heteroatoms. The summed E-state index contributed by atoms with van der Waals surface area (Å²) in [7, 11) is 4.00. The third-order valence-electron chi connectivity index (χ3n) is 2.54. The molecule has 2 rings (SSSR count). The van der Waals surface area contributed by atoms with Crippen molar-refractivity contribution < 1.29 is 0 Å². The summed E-state index contributed by atoms with van der Waals surface area (Å²) in [5, 5.41) is 0. The molecule has 0 aromatic carbocycles. The molecule has 1 aliphatic carbocycles. The fourth-order valence-electron chi connectivity index (χ4n) is 1.55. The predicted molar refractivity (Wildman–Crippen MR) is 53.7 cm³/mol. The van der Waals surface area contributed by atoms with Gasteiger partial charge in [0.2, 0.25) is 0 Å². The Labute approximate surface area is 78.6 Å². The SMILES string of the molecule is CN(C)c1ncccc1C1(N)CC1. The van der Waals surface area contributed by atoms with Gasteiger partial charge in [-0.15, -0.1) is 0 Å². The van der Waals surface area contributed by atoms with Crippen molar-refractivity contribution in [1.29, 1.82) is 0 Å². The lowest BCUT2D eigenvalue weighted by Crippen LogP contribution is -2.24. The van der Waals surface area contributed by atoms with E-state index in [1.165, 1.54) is 5.56 Å². The molecule has 1 saturated carbocycles. The molecule has 3 nitrogen and oxygen atoms in total. The number of hydrogen-bond donors (Lipinski definition) is 1. The molecular weight excluding hydrogens is 162 g/mol. The summed E-state index contributed by atoms with van der Waals surface area (Å²) in [6.45, 7) is 0. The van der Waals surface area contributed by atoms with Gasteiger partial charge in [-0.3, -0.25) is 0 Å². The van der Waals surface area contributed by atoms with Gasteiger partial charge >= 0.3 is 0 Å². The van der Waals surface area contributed by atoms with Crippen molar-refractivity contribution >= 4 is 5.82 Å². The molecule has 0 radical (unpaired) electrons. The van der Waals surface area contributed by atoms with E-state index in [0.29, 0.717) is 0 Å². The first-order chi connectivity index (χ1) is 6.13. The van der Waals surface area contributed by atoms with Crippen molar-refractivity contribution in [2.24, 2.45) is 5.73 Å². The number of pyridine rings is 1. The lowest BCUT2D eigenvalue weighted by Gasteiger charge is -2.19. The van der Waals surface area contributed by atoms with Gasteiger partial charge in [0, 0.05) is 31.4 Å². The minimum Gasteiger partial charge on any atom is -0.362 e. The van der Waals surface area contributed by atoms with Gasteiger partial charge < -0.3 is 10.6 Å². The van der Waals surface area contributed by atoms with Crippen molar-refractivity contribution in [1.82, 2.24) is 4.98 Å². The van der Waals surface area contributed by atoms with Gasteiger partial charge in [-0.1, -0.05) is 6.07 Å². The van der Waals surface area contributed by atoms with E-state index >= 15 is 0 Å². The van der Waals surface area contributed by atoms with Crippen LogP contribution < -0.4 is 10.6 Å². The molecule has 2 N–H and O–H groups in total. The van der Waals surface area contributed by atoms with Crippen LogP contribution in [0.15, 0.2) is 18.3 Å². The first kappa shape index (κ1) is 8.51. The number of nitrogens with zero attached hydrogens (tertiary/aromatic N) is 2. The smallest absolute Gasteiger partial charge is 0.133 e. The lowest BCUT2D eigenvalue weighted by molar-refractivity contribution is 0.731. The van der Waals surface area contributed by atoms with Crippen LogP contribution in [0, 0.1) is 0 Å². The topological polar surface area (TPSA) is 42.2 Å². The largest absolute Gasteiger partial charge is 0.362 e. The maximum absolute atomic E-state index is 6.14. The molecule has 70 valence electrons. The normalized spacial score (nSPS) is 18.4. The van der Waals surface area contributed by atoms with E-state index < -0.39 is 0 Å². The van der Waals surface area contributed by atoms with Crippen molar-refractivity contribution in [3.8, 4) is 0 Å². The Morgan fingerprint density at radius 2 is 2.15 bits per heavy atom. The molecule has 0 unspecified atom stereocenters. The van der Waals surface area contributed by atoms with Crippen LogP contribution in [0.3, 0.4) is 0 Å². The van der Waals surface area contributed by atoms with Crippen LogP contribution in [0.25, 0.3) is 0 Å². The first-order valence-electron chi connectivity index (χ1n) is 4.55. The Bertz CT molecular complexity index is 316. The molecule has 0 amide bonds. The molecule has 0 spiro atoms. The third kappa shape index (κ3) is 1.40. The van der Waals surface area contributed by atoms with Crippen LogP contribution >= 0.6 is 0 Å². The summed E-state index contributed by atoms with van der Waals surface area (Å²) in [6.07, 6.45) is 3.98. The van der Waals surface area contributed by atoms with E-state index in [2.05, 4.69) is 11.1 Å². The van der Waals surface area contributed by atoms with Crippen molar-refractivity contribution in [3.63, 3.8) is 0 Å². The number of rotatable bonds is 2. The van der Waals surface area contributed by atoms with Gasteiger partial charge in [-0.2, -0.15) is 0 Å². The molecule has 0 atom stereocenters. The molecule has 1 aromatic rings. The number of anilines is 1. The van der Waals surface area contributed by atoms with Gasteiger partial charge in [0.25, 0.3) is 0 Å². The maximum Gasteiger partial charge on any atom is 0.133 e. The van der Waals surface area contributed by atoms with Crippen LogP contribution in [0.2, 0.25) is 0 Å². The number of nitrogens with two attached hydrogens (primary N) is 1. The second kappa shape index (κ2) is 2.70.